The standard InChI is InChI=1S/C10H9BrN2OS/c11-8-5-15-4-7(8)9-12-10(14-13-9)6-2-1-3-6/h4-6H,1-3H2. The van der Waals surface area contributed by atoms with E-state index in [0.29, 0.717) is 11.7 Å². The van der Waals surface area contributed by atoms with Crippen LogP contribution in [0.1, 0.15) is 31.1 Å². The van der Waals surface area contributed by atoms with Gasteiger partial charge in [0.15, 0.2) is 0 Å². The quantitative estimate of drug-likeness (QED) is 0.841. The van der Waals surface area contributed by atoms with E-state index in [0.717, 1.165) is 15.9 Å². The second kappa shape index (κ2) is 3.72. The smallest absolute Gasteiger partial charge is 0.230 e. The van der Waals surface area contributed by atoms with E-state index in [9.17, 15) is 0 Å². The Bertz CT molecular complexity index is 475. The van der Waals surface area contributed by atoms with Gasteiger partial charge in [-0.15, -0.1) is 0 Å². The topological polar surface area (TPSA) is 38.9 Å². The molecule has 0 unspecified atom stereocenters. The molecule has 0 aliphatic heterocycles. The van der Waals surface area contributed by atoms with Crippen LogP contribution in [0.5, 0.6) is 0 Å². The molecule has 0 spiro atoms. The number of hydrogen-bond acceptors (Lipinski definition) is 4. The fraction of sp³-hybridized carbons (Fsp3) is 0.400. The van der Waals surface area contributed by atoms with Crippen LogP contribution in [0.15, 0.2) is 19.8 Å². The van der Waals surface area contributed by atoms with Crippen molar-refractivity contribution < 1.29 is 4.52 Å². The summed E-state index contributed by atoms with van der Waals surface area (Å²) in [4.78, 5) is 4.43. The first-order valence-electron chi connectivity index (χ1n) is 4.90. The average Bonchev–Trinajstić information content (AvgIpc) is 2.70. The Balaban J connectivity index is 1.93. The summed E-state index contributed by atoms with van der Waals surface area (Å²) in [5, 5.41) is 8.06. The molecule has 0 saturated heterocycles. The van der Waals surface area contributed by atoms with Gasteiger partial charge in [-0.25, -0.2) is 0 Å². The third-order valence-corrected chi connectivity index (χ3v) is 4.45. The average molecular weight is 285 g/mol. The van der Waals surface area contributed by atoms with Crippen LogP contribution in [0.4, 0.5) is 0 Å². The van der Waals surface area contributed by atoms with Gasteiger partial charge < -0.3 is 4.52 Å². The molecule has 3 nitrogen and oxygen atoms in total. The molecular weight excluding hydrogens is 276 g/mol. The number of halogens is 1. The lowest BCUT2D eigenvalue weighted by Crippen LogP contribution is -2.08. The molecule has 0 radical (unpaired) electrons. The van der Waals surface area contributed by atoms with E-state index in [1.165, 1.54) is 19.3 Å². The SMILES string of the molecule is Brc1cscc1-c1noc(C2CCC2)n1. The summed E-state index contributed by atoms with van der Waals surface area (Å²) in [5.74, 6) is 2.00. The van der Waals surface area contributed by atoms with Gasteiger partial charge in [-0.05, 0) is 28.8 Å². The summed E-state index contributed by atoms with van der Waals surface area (Å²) in [6, 6.07) is 0. The molecule has 0 amide bonds. The van der Waals surface area contributed by atoms with Crippen LogP contribution in [0.3, 0.4) is 0 Å². The maximum absolute atomic E-state index is 5.27. The molecule has 1 saturated carbocycles. The Morgan fingerprint density at radius 1 is 1.40 bits per heavy atom. The minimum absolute atomic E-state index is 0.503. The van der Waals surface area contributed by atoms with Crippen molar-refractivity contribution in [2.24, 2.45) is 0 Å². The van der Waals surface area contributed by atoms with E-state index in [-0.39, 0.29) is 0 Å². The van der Waals surface area contributed by atoms with E-state index < -0.39 is 0 Å². The van der Waals surface area contributed by atoms with Crippen LogP contribution >= 0.6 is 27.3 Å². The van der Waals surface area contributed by atoms with Crippen molar-refractivity contribution in [2.45, 2.75) is 25.2 Å². The molecule has 0 N–H and O–H groups in total. The van der Waals surface area contributed by atoms with Crippen molar-refractivity contribution in [3.05, 3.63) is 21.1 Å². The summed E-state index contributed by atoms with van der Waals surface area (Å²) in [7, 11) is 0. The van der Waals surface area contributed by atoms with Crippen LogP contribution in [0.25, 0.3) is 11.4 Å². The van der Waals surface area contributed by atoms with Crippen molar-refractivity contribution >= 4 is 27.3 Å². The van der Waals surface area contributed by atoms with Crippen molar-refractivity contribution in [2.75, 3.05) is 0 Å². The van der Waals surface area contributed by atoms with E-state index in [4.69, 9.17) is 4.52 Å². The van der Waals surface area contributed by atoms with Gasteiger partial charge in [-0.1, -0.05) is 11.6 Å². The Morgan fingerprint density at radius 3 is 2.87 bits per heavy atom. The lowest BCUT2D eigenvalue weighted by atomic mass is 9.85. The first kappa shape index (κ1) is 9.54. The lowest BCUT2D eigenvalue weighted by molar-refractivity contribution is 0.292. The van der Waals surface area contributed by atoms with Crippen molar-refractivity contribution in [1.82, 2.24) is 10.1 Å². The third kappa shape index (κ3) is 1.63. The second-order valence-electron chi connectivity index (χ2n) is 3.72. The summed E-state index contributed by atoms with van der Waals surface area (Å²) in [6.45, 7) is 0. The zero-order chi connectivity index (χ0) is 10.3. The molecule has 0 aromatic carbocycles. The fourth-order valence-electron chi connectivity index (χ4n) is 1.61. The van der Waals surface area contributed by atoms with Gasteiger partial charge in [0.2, 0.25) is 11.7 Å². The molecule has 15 heavy (non-hydrogen) atoms. The summed E-state index contributed by atoms with van der Waals surface area (Å²) in [5.41, 5.74) is 1.02. The van der Waals surface area contributed by atoms with Crippen molar-refractivity contribution in [3.63, 3.8) is 0 Å². The van der Waals surface area contributed by atoms with Gasteiger partial charge in [0.25, 0.3) is 0 Å². The van der Waals surface area contributed by atoms with Crippen LogP contribution < -0.4 is 0 Å². The normalized spacial score (nSPS) is 16.6. The van der Waals surface area contributed by atoms with Crippen LogP contribution in [-0.4, -0.2) is 10.1 Å². The van der Waals surface area contributed by atoms with E-state index >= 15 is 0 Å². The Kier molecular flexibility index (Phi) is 2.36. The minimum Gasteiger partial charge on any atom is -0.339 e. The monoisotopic (exact) mass is 284 g/mol. The zero-order valence-corrected chi connectivity index (χ0v) is 10.3. The van der Waals surface area contributed by atoms with Gasteiger partial charge in [0, 0.05) is 26.7 Å². The highest BCUT2D eigenvalue weighted by molar-refractivity contribution is 9.10. The summed E-state index contributed by atoms with van der Waals surface area (Å²) < 4.78 is 6.31. The first-order valence-corrected chi connectivity index (χ1v) is 6.64. The highest BCUT2D eigenvalue weighted by atomic mass is 79.9. The summed E-state index contributed by atoms with van der Waals surface area (Å²) >= 11 is 5.10. The van der Waals surface area contributed by atoms with Gasteiger partial charge in [0.1, 0.15) is 0 Å². The molecule has 2 aromatic heterocycles. The highest BCUT2D eigenvalue weighted by Gasteiger charge is 2.25. The number of aromatic nitrogens is 2. The largest absolute Gasteiger partial charge is 0.339 e. The van der Waals surface area contributed by atoms with Gasteiger partial charge in [-0.2, -0.15) is 16.3 Å². The molecule has 1 aliphatic rings. The molecule has 0 atom stereocenters. The third-order valence-electron chi connectivity index (χ3n) is 2.75. The number of nitrogens with zero attached hydrogens (tertiary/aromatic N) is 2. The fourth-order valence-corrected chi connectivity index (χ4v) is 3.06. The van der Waals surface area contributed by atoms with Crippen LogP contribution in [0, 0.1) is 0 Å². The maximum Gasteiger partial charge on any atom is 0.230 e. The number of rotatable bonds is 2. The Labute approximate surface area is 99.6 Å². The molecule has 2 heterocycles. The van der Waals surface area contributed by atoms with E-state index in [2.05, 4.69) is 26.1 Å². The molecule has 3 rings (SSSR count). The van der Waals surface area contributed by atoms with E-state index in [1.807, 2.05) is 10.8 Å². The predicted molar refractivity (Wildman–Crippen MR) is 61.9 cm³/mol. The lowest BCUT2D eigenvalue weighted by Gasteiger charge is -2.20. The minimum atomic E-state index is 0.503. The molecule has 2 aromatic rings. The van der Waals surface area contributed by atoms with Crippen molar-refractivity contribution in [1.29, 1.82) is 0 Å². The van der Waals surface area contributed by atoms with Gasteiger partial charge in [-0.3, -0.25) is 0 Å². The Morgan fingerprint density at radius 2 is 2.27 bits per heavy atom. The maximum atomic E-state index is 5.27. The molecule has 5 heteroatoms. The molecule has 1 fully saturated rings. The van der Waals surface area contributed by atoms with Crippen LogP contribution in [0.2, 0.25) is 0 Å². The van der Waals surface area contributed by atoms with Crippen molar-refractivity contribution in [3.8, 4) is 11.4 Å². The first-order chi connectivity index (χ1) is 7.34. The van der Waals surface area contributed by atoms with Gasteiger partial charge in [0.05, 0.1) is 0 Å². The molecule has 78 valence electrons. The van der Waals surface area contributed by atoms with Gasteiger partial charge >= 0.3 is 0 Å². The van der Waals surface area contributed by atoms with E-state index in [1.54, 1.807) is 11.3 Å². The molecular formula is C10H9BrN2OS. The van der Waals surface area contributed by atoms with Crippen LogP contribution in [-0.2, 0) is 0 Å². The number of hydrogen-bond donors (Lipinski definition) is 0. The number of thiophene rings is 1. The predicted octanol–water partition coefficient (Wildman–Crippen LogP) is 3.83. The molecule has 0 bridgehead atoms. The highest BCUT2D eigenvalue weighted by Crippen LogP contribution is 2.37. The summed E-state index contributed by atoms with van der Waals surface area (Å²) in [6.07, 6.45) is 3.66. The second-order valence-corrected chi connectivity index (χ2v) is 5.32. The molecule has 1 aliphatic carbocycles. The zero-order valence-electron chi connectivity index (χ0n) is 7.94. The Hall–Kier alpha value is -0.680.